The summed E-state index contributed by atoms with van der Waals surface area (Å²) in [5.74, 6) is -2.50. The molecule has 0 unspecified atom stereocenters. The van der Waals surface area contributed by atoms with Gasteiger partial charge in [-0.3, -0.25) is 19.3 Å². The average Bonchev–Trinajstić information content (AvgIpc) is 3.01. The van der Waals surface area contributed by atoms with Crippen LogP contribution < -0.4 is 4.90 Å². The number of carbonyl (C=O) groups excluding carboxylic acids is 4. The minimum absolute atomic E-state index is 0.311. The molecule has 2 aliphatic heterocycles. The lowest BCUT2D eigenvalue weighted by Crippen LogP contribution is -2.45. The first-order chi connectivity index (χ1) is 14.0. The molecule has 0 spiro atoms. The number of ether oxygens (including phenoxy) is 1. The number of amides is 3. The van der Waals surface area contributed by atoms with E-state index in [9.17, 15) is 19.2 Å². The molecule has 0 aromatic heterocycles. The Balaban J connectivity index is 1.38. The third-order valence-corrected chi connectivity index (χ3v) is 6.02. The lowest BCUT2D eigenvalue weighted by molar-refractivity contribution is -0.159. The third-order valence-electron chi connectivity index (χ3n) is 6.02. The van der Waals surface area contributed by atoms with E-state index in [1.54, 1.807) is 4.90 Å². The van der Waals surface area contributed by atoms with Crippen LogP contribution in [0.3, 0.4) is 0 Å². The molecular formula is C22H24N2O5. The summed E-state index contributed by atoms with van der Waals surface area (Å²) >= 11 is 0. The van der Waals surface area contributed by atoms with E-state index in [0.717, 1.165) is 29.0 Å². The Hall–Kier alpha value is -2.96. The van der Waals surface area contributed by atoms with E-state index in [-0.39, 0.29) is 17.7 Å². The van der Waals surface area contributed by atoms with Gasteiger partial charge in [-0.1, -0.05) is 30.4 Å². The molecule has 3 atom stereocenters. The van der Waals surface area contributed by atoms with Gasteiger partial charge in [0.1, 0.15) is 6.04 Å². The number of rotatable bonds is 4. The Kier molecular flexibility index (Phi) is 5.22. The van der Waals surface area contributed by atoms with Crippen LogP contribution in [0.4, 0.5) is 5.69 Å². The van der Waals surface area contributed by atoms with Crippen LogP contribution in [0.1, 0.15) is 31.7 Å². The first-order valence-corrected chi connectivity index (χ1v) is 10.1. The quantitative estimate of drug-likeness (QED) is 0.441. The molecule has 2 heterocycles. The smallest absolute Gasteiger partial charge is 0.329 e. The number of fused-ring (bicyclic) bond motifs is 2. The van der Waals surface area contributed by atoms with Crippen LogP contribution in [0.25, 0.3) is 0 Å². The summed E-state index contributed by atoms with van der Waals surface area (Å²) in [5.41, 5.74) is 1.94. The van der Waals surface area contributed by atoms with E-state index < -0.39 is 30.5 Å². The maximum atomic E-state index is 12.6. The fourth-order valence-electron chi connectivity index (χ4n) is 4.44. The van der Waals surface area contributed by atoms with Gasteiger partial charge in [-0.2, -0.15) is 0 Å². The van der Waals surface area contributed by atoms with Crippen LogP contribution in [0.5, 0.6) is 0 Å². The lowest BCUT2D eigenvalue weighted by Gasteiger charge is -2.29. The van der Waals surface area contributed by atoms with E-state index in [2.05, 4.69) is 0 Å². The molecule has 0 radical (unpaired) electrons. The van der Waals surface area contributed by atoms with Gasteiger partial charge in [0.2, 0.25) is 11.8 Å². The van der Waals surface area contributed by atoms with Crippen molar-refractivity contribution >= 4 is 29.4 Å². The molecule has 1 fully saturated rings. The number of aryl methyl sites for hydroxylation is 1. The highest BCUT2D eigenvalue weighted by molar-refractivity contribution is 6.08. The maximum absolute atomic E-state index is 12.6. The van der Waals surface area contributed by atoms with Crippen LogP contribution in [-0.4, -0.2) is 47.8 Å². The van der Waals surface area contributed by atoms with Gasteiger partial charge < -0.3 is 9.64 Å². The van der Waals surface area contributed by atoms with Gasteiger partial charge in [0, 0.05) is 12.2 Å². The number of hydrogen-bond acceptors (Lipinski definition) is 5. The summed E-state index contributed by atoms with van der Waals surface area (Å²) in [4.78, 5) is 53.0. The maximum Gasteiger partial charge on any atom is 0.329 e. The molecular weight excluding hydrogens is 372 g/mol. The molecule has 1 aromatic carbocycles. The number of imide groups is 1. The van der Waals surface area contributed by atoms with E-state index in [1.165, 1.54) is 6.92 Å². The van der Waals surface area contributed by atoms with E-state index in [4.69, 9.17) is 4.74 Å². The van der Waals surface area contributed by atoms with Crippen molar-refractivity contribution in [1.82, 2.24) is 4.90 Å². The fraction of sp³-hybridized carbons (Fsp3) is 0.455. The first-order valence-electron chi connectivity index (χ1n) is 10.1. The zero-order valence-corrected chi connectivity index (χ0v) is 16.4. The zero-order valence-electron chi connectivity index (χ0n) is 16.4. The monoisotopic (exact) mass is 396 g/mol. The molecule has 3 amide bonds. The Morgan fingerprint density at radius 3 is 2.45 bits per heavy atom. The number of benzene rings is 1. The van der Waals surface area contributed by atoms with E-state index in [0.29, 0.717) is 19.4 Å². The van der Waals surface area contributed by atoms with Gasteiger partial charge in [0.15, 0.2) is 6.61 Å². The van der Waals surface area contributed by atoms with E-state index >= 15 is 0 Å². The average molecular weight is 396 g/mol. The predicted molar refractivity (Wildman–Crippen MR) is 105 cm³/mol. The minimum Gasteiger partial charge on any atom is -0.454 e. The first kappa shape index (κ1) is 19.4. The molecule has 29 heavy (non-hydrogen) atoms. The molecule has 152 valence electrons. The summed E-state index contributed by atoms with van der Waals surface area (Å²) in [6.45, 7) is 1.63. The topological polar surface area (TPSA) is 84.0 Å². The fourth-order valence-corrected chi connectivity index (χ4v) is 4.44. The number of anilines is 1. The Morgan fingerprint density at radius 2 is 1.76 bits per heavy atom. The molecule has 0 N–H and O–H groups in total. The predicted octanol–water partition coefficient (Wildman–Crippen LogP) is 1.85. The minimum atomic E-state index is -1.04. The highest BCUT2D eigenvalue weighted by Gasteiger charge is 2.50. The van der Waals surface area contributed by atoms with Crippen molar-refractivity contribution in [3.8, 4) is 0 Å². The van der Waals surface area contributed by atoms with Crippen LogP contribution in [0.15, 0.2) is 36.4 Å². The molecule has 0 saturated carbocycles. The highest BCUT2D eigenvalue weighted by atomic mass is 16.5. The molecule has 1 aliphatic carbocycles. The normalized spacial score (nSPS) is 24.2. The number of esters is 1. The van der Waals surface area contributed by atoms with Gasteiger partial charge in [0.05, 0.1) is 11.8 Å². The molecule has 0 bridgehead atoms. The number of carbonyl (C=O) groups is 4. The van der Waals surface area contributed by atoms with Crippen molar-refractivity contribution in [2.45, 2.75) is 38.6 Å². The third kappa shape index (κ3) is 3.45. The second-order valence-corrected chi connectivity index (χ2v) is 7.76. The number of hydrogen-bond donors (Lipinski definition) is 0. The van der Waals surface area contributed by atoms with Gasteiger partial charge in [-0.25, -0.2) is 4.79 Å². The van der Waals surface area contributed by atoms with Crippen LogP contribution in [0, 0.1) is 11.8 Å². The standard InChI is InChI=1S/C22H24N2O5/c1-14(24-20(26)16-9-3-4-10-17(16)21(24)27)22(28)29-13-19(25)23-12-6-8-15-7-2-5-11-18(15)23/h2-5,7,11,14,16-17H,6,8-10,12-13H2,1H3/t14-,16-,17+/m0/s1. The number of para-hydroxylation sites is 1. The molecule has 1 aromatic rings. The van der Waals surface area contributed by atoms with Gasteiger partial charge in [-0.15, -0.1) is 0 Å². The largest absolute Gasteiger partial charge is 0.454 e. The van der Waals surface area contributed by atoms with Crippen molar-refractivity contribution in [1.29, 1.82) is 0 Å². The second kappa shape index (κ2) is 7.81. The molecule has 1 saturated heterocycles. The van der Waals surface area contributed by atoms with Crippen molar-refractivity contribution in [3.05, 3.63) is 42.0 Å². The Bertz CT molecular complexity index is 867. The number of nitrogens with zero attached hydrogens (tertiary/aromatic N) is 2. The molecule has 7 heteroatoms. The van der Waals surface area contributed by atoms with Crippen LogP contribution in [0.2, 0.25) is 0 Å². The number of likely N-dealkylation sites (tertiary alicyclic amines) is 1. The Morgan fingerprint density at radius 1 is 1.10 bits per heavy atom. The summed E-state index contributed by atoms with van der Waals surface area (Å²) in [7, 11) is 0. The molecule has 7 nitrogen and oxygen atoms in total. The van der Waals surface area contributed by atoms with Crippen LogP contribution in [-0.2, 0) is 30.3 Å². The van der Waals surface area contributed by atoms with Crippen molar-refractivity contribution in [2.75, 3.05) is 18.1 Å². The van der Waals surface area contributed by atoms with Crippen molar-refractivity contribution < 1.29 is 23.9 Å². The van der Waals surface area contributed by atoms with E-state index in [1.807, 2.05) is 36.4 Å². The number of allylic oxidation sites excluding steroid dienone is 2. The van der Waals surface area contributed by atoms with Gasteiger partial charge >= 0.3 is 5.97 Å². The van der Waals surface area contributed by atoms with Crippen molar-refractivity contribution in [2.24, 2.45) is 11.8 Å². The SMILES string of the molecule is C[C@@H](C(=O)OCC(=O)N1CCCc2ccccc21)N1C(=O)[C@H]2CC=CC[C@H]2C1=O. The Labute approximate surface area is 169 Å². The van der Waals surface area contributed by atoms with Crippen LogP contribution >= 0.6 is 0 Å². The van der Waals surface area contributed by atoms with Gasteiger partial charge in [-0.05, 0) is 44.2 Å². The molecule has 3 aliphatic rings. The molecule has 4 rings (SSSR count). The summed E-state index contributed by atoms with van der Waals surface area (Å²) in [5, 5.41) is 0. The summed E-state index contributed by atoms with van der Waals surface area (Å²) in [6, 6.07) is 6.64. The summed E-state index contributed by atoms with van der Waals surface area (Å²) < 4.78 is 5.20. The second-order valence-electron chi connectivity index (χ2n) is 7.76. The summed E-state index contributed by atoms with van der Waals surface area (Å²) in [6.07, 6.45) is 6.58. The zero-order chi connectivity index (χ0) is 20.5. The van der Waals surface area contributed by atoms with Gasteiger partial charge in [0.25, 0.3) is 5.91 Å². The van der Waals surface area contributed by atoms with Crippen molar-refractivity contribution in [3.63, 3.8) is 0 Å². The lowest BCUT2D eigenvalue weighted by atomic mass is 9.85. The highest BCUT2D eigenvalue weighted by Crippen LogP contribution is 2.36.